The molecule has 116 valence electrons. The van der Waals surface area contributed by atoms with Gasteiger partial charge in [-0.15, -0.1) is 0 Å². The van der Waals surface area contributed by atoms with Crippen molar-refractivity contribution in [1.29, 1.82) is 0 Å². The highest BCUT2D eigenvalue weighted by molar-refractivity contribution is 5.81. The second-order valence-electron chi connectivity index (χ2n) is 5.39. The summed E-state index contributed by atoms with van der Waals surface area (Å²) >= 11 is 0. The van der Waals surface area contributed by atoms with E-state index in [9.17, 15) is 14.0 Å². The first-order valence-electron chi connectivity index (χ1n) is 6.39. The molecule has 0 unspecified atom stereocenters. The van der Waals surface area contributed by atoms with Gasteiger partial charge in [0.15, 0.2) is 0 Å². The van der Waals surface area contributed by atoms with Crippen molar-refractivity contribution < 1.29 is 23.5 Å². The van der Waals surface area contributed by atoms with Gasteiger partial charge in [-0.05, 0) is 32.9 Å². The fourth-order valence-electron chi connectivity index (χ4n) is 1.52. The Balaban J connectivity index is 2.74. The number of amides is 1. The normalized spacial score (nSPS) is 12.4. The molecular weight excluding hydrogens is 279 g/mol. The molecule has 0 saturated heterocycles. The zero-order valence-corrected chi connectivity index (χ0v) is 12.5. The van der Waals surface area contributed by atoms with E-state index in [2.05, 4.69) is 15.0 Å². The molecule has 1 heterocycles. The molecule has 0 aliphatic rings. The number of ether oxygens (including phenoxy) is 2. The van der Waals surface area contributed by atoms with E-state index in [1.807, 2.05) is 0 Å². The Morgan fingerprint density at radius 1 is 1.38 bits per heavy atom. The van der Waals surface area contributed by atoms with Crippen LogP contribution in [0.15, 0.2) is 18.3 Å². The van der Waals surface area contributed by atoms with Crippen LogP contribution in [0.2, 0.25) is 0 Å². The second kappa shape index (κ2) is 7.01. The summed E-state index contributed by atoms with van der Waals surface area (Å²) in [5, 5.41) is 2.42. The van der Waals surface area contributed by atoms with E-state index in [4.69, 9.17) is 4.74 Å². The van der Waals surface area contributed by atoms with Gasteiger partial charge in [-0.25, -0.2) is 14.0 Å². The molecule has 1 rings (SSSR count). The molecule has 1 amide bonds. The van der Waals surface area contributed by atoms with Crippen LogP contribution in [0.25, 0.3) is 0 Å². The third-order valence-electron chi connectivity index (χ3n) is 2.38. The number of esters is 1. The number of hydrogen-bond acceptors (Lipinski definition) is 5. The standard InChI is InChI=1S/C14H19FN2O4/c1-14(2,3)21-13(19)17-11(12(18)20-4)7-10-6-5-9(15)8-16-10/h5-6,8,11H,7H2,1-4H3,(H,17,19)/t11-/m0/s1. The van der Waals surface area contributed by atoms with Crippen LogP contribution >= 0.6 is 0 Å². The molecule has 1 atom stereocenters. The van der Waals surface area contributed by atoms with Gasteiger partial charge < -0.3 is 14.8 Å². The highest BCUT2D eigenvalue weighted by atomic mass is 19.1. The summed E-state index contributed by atoms with van der Waals surface area (Å²) in [5.41, 5.74) is -0.235. The van der Waals surface area contributed by atoms with Gasteiger partial charge in [-0.1, -0.05) is 0 Å². The first-order valence-corrected chi connectivity index (χ1v) is 6.39. The van der Waals surface area contributed by atoms with E-state index in [1.54, 1.807) is 20.8 Å². The number of methoxy groups -OCH3 is 1. The number of hydrogen-bond donors (Lipinski definition) is 1. The van der Waals surface area contributed by atoms with E-state index in [1.165, 1.54) is 19.2 Å². The van der Waals surface area contributed by atoms with E-state index >= 15 is 0 Å². The summed E-state index contributed by atoms with van der Waals surface area (Å²) in [7, 11) is 1.21. The molecule has 6 nitrogen and oxygen atoms in total. The van der Waals surface area contributed by atoms with Gasteiger partial charge in [-0.2, -0.15) is 0 Å². The Labute approximate surface area is 122 Å². The van der Waals surface area contributed by atoms with Gasteiger partial charge in [0.2, 0.25) is 0 Å². The zero-order chi connectivity index (χ0) is 16.0. The van der Waals surface area contributed by atoms with E-state index < -0.39 is 29.5 Å². The maximum Gasteiger partial charge on any atom is 0.408 e. The molecule has 0 bridgehead atoms. The van der Waals surface area contributed by atoms with Crippen LogP contribution in [0, 0.1) is 5.82 Å². The summed E-state index contributed by atoms with van der Waals surface area (Å²) in [4.78, 5) is 27.2. The molecular formula is C14H19FN2O4. The van der Waals surface area contributed by atoms with Crippen LogP contribution in [-0.2, 0) is 20.7 Å². The van der Waals surface area contributed by atoms with Crippen LogP contribution in [0.5, 0.6) is 0 Å². The van der Waals surface area contributed by atoms with E-state index in [0.717, 1.165) is 6.20 Å². The second-order valence-corrected chi connectivity index (χ2v) is 5.39. The number of alkyl carbamates (subject to hydrolysis) is 1. The van der Waals surface area contributed by atoms with Crippen molar-refractivity contribution in [1.82, 2.24) is 10.3 Å². The van der Waals surface area contributed by atoms with Gasteiger partial charge in [-0.3, -0.25) is 4.98 Å². The Hall–Kier alpha value is -2.18. The monoisotopic (exact) mass is 298 g/mol. The van der Waals surface area contributed by atoms with Crippen molar-refractivity contribution in [2.45, 2.75) is 38.8 Å². The average Bonchev–Trinajstić information content (AvgIpc) is 2.37. The van der Waals surface area contributed by atoms with Crippen molar-refractivity contribution in [3.63, 3.8) is 0 Å². The smallest absolute Gasteiger partial charge is 0.408 e. The lowest BCUT2D eigenvalue weighted by molar-refractivity contribution is -0.143. The Morgan fingerprint density at radius 3 is 2.52 bits per heavy atom. The van der Waals surface area contributed by atoms with Crippen molar-refractivity contribution in [2.75, 3.05) is 7.11 Å². The molecule has 0 aliphatic carbocycles. The number of carbonyl (C=O) groups excluding carboxylic acids is 2. The van der Waals surface area contributed by atoms with Gasteiger partial charge in [0.05, 0.1) is 13.3 Å². The first-order chi connectivity index (χ1) is 9.71. The third-order valence-corrected chi connectivity index (χ3v) is 2.38. The highest BCUT2D eigenvalue weighted by Crippen LogP contribution is 2.08. The minimum atomic E-state index is -0.956. The Morgan fingerprint density at radius 2 is 2.05 bits per heavy atom. The summed E-state index contributed by atoms with van der Waals surface area (Å²) in [6.07, 6.45) is 0.378. The van der Waals surface area contributed by atoms with Crippen LogP contribution in [0.1, 0.15) is 26.5 Å². The number of nitrogens with one attached hydrogen (secondary N) is 1. The molecule has 1 aromatic rings. The number of halogens is 1. The summed E-state index contributed by atoms with van der Waals surface area (Å²) < 4.78 is 22.5. The van der Waals surface area contributed by atoms with Crippen molar-refractivity contribution in [3.05, 3.63) is 29.8 Å². The predicted molar refractivity (Wildman–Crippen MR) is 73.1 cm³/mol. The Bertz CT molecular complexity index is 497. The molecule has 7 heteroatoms. The molecule has 0 aromatic carbocycles. The number of aromatic nitrogens is 1. The first kappa shape index (κ1) is 16.9. The lowest BCUT2D eigenvalue weighted by atomic mass is 10.1. The van der Waals surface area contributed by atoms with Crippen molar-refractivity contribution in [3.8, 4) is 0 Å². The molecule has 0 spiro atoms. The molecule has 0 fully saturated rings. The number of pyridine rings is 1. The van der Waals surface area contributed by atoms with Crippen LogP contribution < -0.4 is 5.32 Å². The summed E-state index contributed by atoms with van der Waals surface area (Å²) in [5.74, 6) is -1.11. The van der Waals surface area contributed by atoms with Crippen LogP contribution in [0.3, 0.4) is 0 Å². The number of rotatable bonds is 4. The lowest BCUT2D eigenvalue weighted by Gasteiger charge is -2.22. The van der Waals surface area contributed by atoms with E-state index in [-0.39, 0.29) is 6.42 Å². The van der Waals surface area contributed by atoms with Gasteiger partial charge in [0.1, 0.15) is 17.5 Å². The molecule has 1 N–H and O–H groups in total. The zero-order valence-electron chi connectivity index (χ0n) is 12.5. The largest absolute Gasteiger partial charge is 0.467 e. The summed E-state index contributed by atoms with van der Waals surface area (Å²) in [6.45, 7) is 5.13. The third kappa shape index (κ3) is 6.20. The van der Waals surface area contributed by atoms with Gasteiger partial charge >= 0.3 is 12.1 Å². The number of nitrogens with zero attached hydrogens (tertiary/aromatic N) is 1. The SMILES string of the molecule is COC(=O)[C@H](Cc1ccc(F)cn1)NC(=O)OC(C)(C)C. The fraction of sp³-hybridized carbons (Fsp3) is 0.500. The molecule has 1 aromatic heterocycles. The minimum Gasteiger partial charge on any atom is -0.467 e. The fourth-order valence-corrected chi connectivity index (χ4v) is 1.52. The van der Waals surface area contributed by atoms with Crippen LogP contribution in [-0.4, -0.2) is 35.8 Å². The Kier molecular flexibility index (Phi) is 5.63. The molecule has 0 radical (unpaired) electrons. The van der Waals surface area contributed by atoms with Crippen molar-refractivity contribution in [2.24, 2.45) is 0 Å². The molecule has 21 heavy (non-hydrogen) atoms. The highest BCUT2D eigenvalue weighted by Gasteiger charge is 2.25. The maximum absolute atomic E-state index is 12.8. The van der Waals surface area contributed by atoms with Gasteiger partial charge in [0, 0.05) is 12.1 Å². The van der Waals surface area contributed by atoms with Crippen molar-refractivity contribution >= 4 is 12.1 Å². The predicted octanol–water partition coefficient (Wildman–Crippen LogP) is 1.83. The minimum absolute atomic E-state index is 0.0756. The van der Waals surface area contributed by atoms with E-state index in [0.29, 0.717) is 5.69 Å². The number of carbonyl (C=O) groups is 2. The van der Waals surface area contributed by atoms with Gasteiger partial charge in [0.25, 0.3) is 0 Å². The summed E-state index contributed by atoms with van der Waals surface area (Å²) in [6, 6.07) is 1.70. The maximum atomic E-state index is 12.8. The molecule has 0 saturated carbocycles. The quantitative estimate of drug-likeness (QED) is 0.858. The molecule has 0 aliphatic heterocycles. The topological polar surface area (TPSA) is 77.5 Å². The van der Waals surface area contributed by atoms with Crippen LogP contribution in [0.4, 0.5) is 9.18 Å². The average molecular weight is 298 g/mol. The lowest BCUT2D eigenvalue weighted by Crippen LogP contribution is -2.45.